The van der Waals surface area contributed by atoms with Crippen LogP contribution in [0, 0.1) is 0 Å². The molecule has 0 atom stereocenters. The highest BCUT2D eigenvalue weighted by molar-refractivity contribution is 6.00. The lowest BCUT2D eigenvalue weighted by atomic mass is 10.0. The summed E-state index contributed by atoms with van der Waals surface area (Å²) in [6.45, 7) is 1.49. The molecule has 0 heterocycles. The molecule has 0 bridgehead atoms. The Balaban J connectivity index is 2.07. The molecule has 0 aliphatic carbocycles. The Kier molecular flexibility index (Phi) is 7.68. The van der Waals surface area contributed by atoms with Crippen molar-refractivity contribution in [3.63, 3.8) is 0 Å². The van der Waals surface area contributed by atoms with E-state index in [2.05, 4.69) is 0 Å². The third-order valence-corrected chi connectivity index (χ3v) is 5.33. The first kappa shape index (κ1) is 25.6. The number of carbonyl (C=O) groups excluding carboxylic acids is 1. The van der Waals surface area contributed by atoms with Gasteiger partial charge >= 0.3 is 18.1 Å². The number of halogens is 3. The highest BCUT2D eigenvalue weighted by atomic mass is 19.4. The Morgan fingerprint density at radius 2 is 1.63 bits per heavy atom. The normalized spacial score (nSPS) is 11.1. The third-order valence-electron chi connectivity index (χ3n) is 5.33. The van der Waals surface area contributed by atoms with Crippen LogP contribution < -0.4 is 14.5 Å². The number of carboxylic acid groups (broad SMARTS) is 1. The average Bonchev–Trinajstić information content (AvgIpc) is 2.83. The predicted octanol–water partition coefficient (Wildman–Crippen LogP) is 5.61. The molecule has 184 valence electrons. The zero-order valence-corrected chi connectivity index (χ0v) is 19.5. The molecule has 35 heavy (non-hydrogen) atoms. The van der Waals surface area contributed by atoms with Gasteiger partial charge in [0.1, 0.15) is 12.4 Å². The van der Waals surface area contributed by atoms with E-state index < -0.39 is 18.1 Å². The van der Waals surface area contributed by atoms with Crippen molar-refractivity contribution in [3.05, 3.63) is 77.9 Å². The van der Waals surface area contributed by atoms with Crippen LogP contribution in [0.5, 0.6) is 5.75 Å². The van der Waals surface area contributed by atoms with Gasteiger partial charge in [-0.1, -0.05) is 36.4 Å². The van der Waals surface area contributed by atoms with Gasteiger partial charge in [0.2, 0.25) is 0 Å². The Morgan fingerprint density at radius 1 is 0.943 bits per heavy atom. The largest absolute Gasteiger partial charge is 0.488 e. The van der Waals surface area contributed by atoms with E-state index in [1.54, 1.807) is 37.2 Å². The lowest BCUT2D eigenvalue weighted by Crippen LogP contribution is -2.41. The number of anilines is 2. The molecule has 0 aliphatic heterocycles. The minimum absolute atomic E-state index is 0.0363. The standard InChI is InChI=1S/C26H25F3N2O4/c1-4-31(25(34)26(27,28)29)21-13-11-18(14-22(21)30(2)3)20-12-10-19(24(32)33)15-23(20)35-16-17-8-6-5-7-9-17/h5-15H,4,16H2,1-3H3,(H,32,33). The SMILES string of the molecule is CCN(C(=O)C(F)(F)F)c1ccc(-c2ccc(C(=O)O)cc2OCc2ccccc2)cc1N(C)C. The first-order chi connectivity index (χ1) is 16.5. The maximum Gasteiger partial charge on any atom is 0.471 e. The summed E-state index contributed by atoms with van der Waals surface area (Å²) >= 11 is 0. The van der Waals surface area contributed by atoms with Crippen molar-refractivity contribution >= 4 is 23.3 Å². The second kappa shape index (κ2) is 10.5. The fourth-order valence-corrected chi connectivity index (χ4v) is 3.60. The fourth-order valence-electron chi connectivity index (χ4n) is 3.60. The average molecular weight is 486 g/mol. The molecule has 1 amide bonds. The fraction of sp³-hybridized carbons (Fsp3) is 0.231. The zero-order chi connectivity index (χ0) is 25.8. The molecular weight excluding hydrogens is 461 g/mol. The predicted molar refractivity (Wildman–Crippen MR) is 128 cm³/mol. The van der Waals surface area contributed by atoms with Gasteiger partial charge in [0, 0.05) is 26.2 Å². The smallest absolute Gasteiger partial charge is 0.471 e. The Labute approximate surface area is 201 Å². The topological polar surface area (TPSA) is 70.1 Å². The van der Waals surface area contributed by atoms with Crippen LogP contribution in [0.2, 0.25) is 0 Å². The number of hydrogen-bond donors (Lipinski definition) is 1. The van der Waals surface area contributed by atoms with Crippen molar-refractivity contribution in [3.8, 4) is 16.9 Å². The Morgan fingerprint density at radius 3 is 2.20 bits per heavy atom. The second-order valence-electron chi connectivity index (χ2n) is 7.94. The number of amides is 1. The first-order valence-electron chi connectivity index (χ1n) is 10.8. The lowest BCUT2D eigenvalue weighted by molar-refractivity contribution is -0.170. The van der Waals surface area contributed by atoms with E-state index in [1.165, 1.54) is 25.1 Å². The van der Waals surface area contributed by atoms with Gasteiger partial charge in [0.05, 0.1) is 16.9 Å². The molecule has 0 radical (unpaired) electrons. The molecule has 0 unspecified atom stereocenters. The lowest BCUT2D eigenvalue weighted by Gasteiger charge is -2.28. The maximum atomic E-state index is 13.2. The molecule has 0 spiro atoms. The van der Waals surface area contributed by atoms with E-state index in [0.29, 0.717) is 27.5 Å². The number of carbonyl (C=O) groups is 2. The summed E-state index contributed by atoms with van der Waals surface area (Å²) in [7, 11) is 3.32. The van der Waals surface area contributed by atoms with Crippen molar-refractivity contribution in [1.82, 2.24) is 0 Å². The second-order valence-corrected chi connectivity index (χ2v) is 7.94. The van der Waals surface area contributed by atoms with E-state index in [-0.39, 0.29) is 24.4 Å². The number of alkyl halides is 3. The number of hydrogen-bond acceptors (Lipinski definition) is 4. The van der Waals surface area contributed by atoms with Crippen LogP contribution in [0.25, 0.3) is 11.1 Å². The molecule has 3 aromatic carbocycles. The Bertz CT molecular complexity index is 1210. The van der Waals surface area contributed by atoms with Gasteiger partial charge in [-0.3, -0.25) is 4.79 Å². The molecule has 3 aromatic rings. The molecule has 1 N–H and O–H groups in total. The zero-order valence-electron chi connectivity index (χ0n) is 19.5. The van der Waals surface area contributed by atoms with Crippen molar-refractivity contribution < 1.29 is 32.6 Å². The van der Waals surface area contributed by atoms with E-state index >= 15 is 0 Å². The van der Waals surface area contributed by atoms with Gasteiger partial charge in [0.15, 0.2) is 0 Å². The van der Waals surface area contributed by atoms with Crippen LogP contribution >= 0.6 is 0 Å². The summed E-state index contributed by atoms with van der Waals surface area (Å²) < 4.78 is 45.4. The van der Waals surface area contributed by atoms with Gasteiger partial charge in [0.25, 0.3) is 0 Å². The minimum Gasteiger partial charge on any atom is -0.488 e. The maximum absolute atomic E-state index is 13.2. The molecule has 0 saturated heterocycles. The van der Waals surface area contributed by atoms with Gasteiger partial charge in [-0.05, 0) is 48.4 Å². The highest BCUT2D eigenvalue weighted by Crippen LogP contribution is 2.38. The number of carboxylic acids is 1. The van der Waals surface area contributed by atoms with Crippen LogP contribution in [0.15, 0.2) is 66.7 Å². The minimum atomic E-state index is -5.01. The van der Waals surface area contributed by atoms with E-state index in [9.17, 15) is 27.9 Å². The van der Waals surface area contributed by atoms with Crippen molar-refractivity contribution in [2.45, 2.75) is 19.7 Å². The Hall–Kier alpha value is -4.01. The van der Waals surface area contributed by atoms with Crippen LogP contribution in [-0.2, 0) is 11.4 Å². The number of benzene rings is 3. The number of nitrogens with zero attached hydrogens (tertiary/aromatic N) is 2. The van der Waals surface area contributed by atoms with Gasteiger partial charge in [-0.15, -0.1) is 0 Å². The summed E-state index contributed by atoms with van der Waals surface area (Å²) in [6.07, 6.45) is -5.01. The van der Waals surface area contributed by atoms with Crippen LogP contribution in [0.1, 0.15) is 22.8 Å². The third kappa shape index (κ3) is 5.92. The molecule has 9 heteroatoms. The molecule has 6 nitrogen and oxygen atoms in total. The van der Waals surface area contributed by atoms with Crippen LogP contribution in [-0.4, -0.2) is 43.8 Å². The van der Waals surface area contributed by atoms with Crippen molar-refractivity contribution in [1.29, 1.82) is 0 Å². The molecule has 0 fully saturated rings. The van der Waals surface area contributed by atoms with E-state index in [1.807, 2.05) is 30.3 Å². The highest BCUT2D eigenvalue weighted by Gasteiger charge is 2.43. The molecule has 3 rings (SSSR count). The van der Waals surface area contributed by atoms with Crippen molar-refractivity contribution in [2.24, 2.45) is 0 Å². The number of aromatic carboxylic acids is 1. The summed E-state index contributed by atoms with van der Waals surface area (Å²) in [5.74, 6) is -2.76. The summed E-state index contributed by atoms with van der Waals surface area (Å²) in [6, 6.07) is 18.4. The summed E-state index contributed by atoms with van der Waals surface area (Å²) in [5, 5.41) is 9.42. The molecule has 0 aliphatic rings. The van der Waals surface area contributed by atoms with Crippen molar-refractivity contribution in [2.75, 3.05) is 30.4 Å². The van der Waals surface area contributed by atoms with Crippen LogP contribution in [0.3, 0.4) is 0 Å². The summed E-state index contributed by atoms with van der Waals surface area (Å²) in [5.41, 5.74) is 2.57. The van der Waals surface area contributed by atoms with Crippen LogP contribution in [0.4, 0.5) is 24.5 Å². The summed E-state index contributed by atoms with van der Waals surface area (Å²) in [4.78, 5) is 25.8. The number of ether oxygens (including phenoxy) is 1. The monoisotopic (exact) mass is 486 g/mol. The molecule has 0 saturated carbocycles. The van der Waals surface area contributed by atoms with Gasteiger partial charge in [-0.2, -0.15) is 13.2 Å². The molecular formula is C26H25F3N2O4. The van der Waals surface area contributed by atoms with E-state index in [0.717, 1.165) is 5.56 Å². The van der Waals surface area contributed by atoms with E-state index in [4.69, 9.17) is 4.74 Å². The van der Waals surface area contributed by atoms with Gasteiger partial charge in [-0.25, -0.2) is 4.79 Å². The quantitative estimate of drug-likeness (QED) is 0.448. The molecule has 0 aromatic heterocycles. The number of rotatable bonds is 8. The first-order valence-corrected chi connectivity index (χ1v) is 10.8. The van der Waals surface area contributed by atoms with Gasteiger partial charge < -0.3 is 19.6 Å².